The van der Waals surface area contributed by atoms with E-state index in [1.54, 1.807) is 13.0 Å². The number of aliphatic hydroxyl groups is 1. The molecular formula is C20H17FN2O5S2. The van der Waals surface area contributed by atoms with Gasteiger partial charge >= 0.3 is 0 Å². The minimum absolute atomic E-state index is 0.119. The van der Waals surface area contributed by atoms with Crippen LogP contribution in [0, 0.1) is 12.7 Å². The molecule has 2 aromatic carbocycles. The van der Waals surface area contributed by atoms with Gasteiger partial charge in [-0.2, -0.15) is 0 Å². The second-order valence-electron chi connectivity index (χ2n) is 6.38. The van der Waals surface area contributed by atoms with E-state index in [1.807, 2.05) is 0 Å². The molecule has 4 N–H and O–H groups in total. The Hall–Kier alpha value is -3.08. The van der Waals surface area contributed by atoms with Gasteiger partial charge in [0.1, 0.15) is 15.0 Å². The van der Waals surface area contributed by atoms with Crippen LogP contribution in [-0.2, 0) is 16.4 Å². The number of aryl methyl sites for hydroxylation is 1. The topological polar surface area (TPSA) is 127 Å². The molecule has 0 radical (unpaired) electrons. The SMILES string of the molecule is Cc1ccc(S(=O)(=O)c2cc(C(N)=O)c(NC(=O)c3ccccc3F)s2)c(CO)c1. The molecule has 1 heterocycles. The molecule has 156 valence electrons. The van der Waals surface area contributed by atoms with E-state index in [-0.39, 0.29) is 30.8 Å². The van der Waals surface area contributed by atoms with Crippen LogP contribution in [-0.4, -0.2) is 25.3 Å². The molecule has 3 rings (SSSR count). The fraction of sp³-hybridized carbons (Fsp3) is 0.100. The monoisotopic (exact) mass is 448 g/mol. The predicted molar refractivity (Wildman–Crippen MR) is 110 cm³/mol. The maximum atomic E-state index is 13.9. The minimum atomic E-state index is -4.12. The summed E-state index contributed by atoms with van der Waals surface area (Å²) in [6.45, 7) is 1.25. The fourth-order valence-electron chi connectivity index (χ4n) is 2.79. The van der Waals surface area contributed by atoms with Gasteiger partial charge in [0.05, 0.1) is 22.6 Å². The smallest absolute Gasteiger partial charge is 0.259 e. The number of benzene rings is 2. The molecule has 0 aliphatic rings. The molecule has 0 aliphatic carbocycles. The van der Waals surface area contributed by atoms with Crippen LogP contribution in [0.4, 0.5) is 9.39 Å². The number of hydrogen-bond acceptors (Lipinski definition) is 6. The van der Waals surface area contributed by atoms with E-state index in [0.29, 0.717) is 11.3 Å². The number of thiophene rings is 1. The first-order valence-electron chi connectivity index (χ1n) is 8.60. The largest absolute Gasteiger partial charge is 0.392 e. The van der Waals surface area contributed by atoms with Gasteiger partial charge in [-0.3, -0.25) is 9.59 Å². The van der Waals surface area contributed by atoms with Crippen molar-refractivity contribution in [3.63, 3.8) is 0 Å². The molecular weight excluding hydrogens is 431 g/mol. The van der Waals surface area contributed by atoms with Crippen LogP contribution in [0.5, 0.6) is 0 Å². The molecule has 0 saturated heterocycles. The zero-order valence-corrected chi connectivity index (χ0v) is 17.3. The van der Waals surface area contributed by atoms with Crippen molar-refractivity contribution in [2.24, 2.45) is 5.73 Å². The van der Waals surface area contributed by atoms with E-state index < -0.39 is 34.1 Å². The van der Waals surface area contributed by atoms with Crippen molar-refractivity contribution in [1.82, 2.24) is 0 Å². The van der Waals surface area contributed by atoms with E-state index >= 15 is 0 Å². The number of rotatable bonds is 6. The standard InChI is InChI=1S/C20H17FN2O5S2/c1-11-6-7-16(12(8-11)10-24)30(27,28)17-9-14(18(22)25)20(29-17)23-19(26)13-4-2-3-5-15(13)21/h2-9,24H,10H2,1H3,(H2,22,25)(H,23,26). The quantitative estimate of drug-likeness (QED) is 0.534. The lowest BCUT2D eigenvalue weighted by atomic mass is 10.1. The van der Waals surface area contributed by atoms with Gasteiger partial charge in [0.2, 0.25) is 9.84 Å². The summed E-state index contributed by atoms with van der Waals surface area (Å²) in [5, 5.41) is 11.8. The van der Waals surface area contributed by atoms with Crippen molar-refractivity contribution in [2.45, 2.75) is 22.6 Å². The van der Waals surface area contributed by atoms with Gasteiger partial charge in [-0.15, -0.1) is 11.3 Å². The first-order valence-corrected chi connectivity index (χ1v) is 10.9. The maximum absolute atomic E-state index is 13.9. The Labute approximate surface area is 175 Å². The highest BCUT2D eigenvalue weighted by Crippen LogP contribution is 2.36. The molecule has 7 nitrogen and oxygen atoms in total. The average Bonchev–Trinajstić information content (AvgIpc) is 3.12. The fourth-order valence-corrected chi connectivity index (χ4v) is 5.75. The number of amides is 2. The van der Waals surface area contributed by atoms with E-state index in [9.17, 15) is 27.5 Å². The van der Waals surface area contributed by atoms with Gasteiger partial charge in [0, 0.05) is 0 Å². The second-order valence-corrected chi connectivity index (χ2v) is 9.58. The van der Waals surface area contributed by atoms with Crippen LogP contribution in [0.2, 0.25) is 0 Å². The minimum Gasteiger partial charge on any atom is -0.392 e. The first-order chi connectivity index (χ1) is 14.1. The lowest BCUT2D eigenvalue weighted by molar-refractivity contribution is 0.100. The summed E-state index contributed by atoms with van der Waals surface area (Å²) in [6.07, 6.45) is 0. The second kappa shape index (κ2) is 8.34. The first kappa shape index (κ1) is 21.6. The highest BCUT2D eigenvalue weighted by atomic mass is 32.2. The van der Waals surface area contributed by atoms with Crippen molar-refractivity contribution in [3.8, 4) is 0 Å². The third-order valence-corrected chi connectivity index (χ3v) is 7.64. The van der Waals surface area contributed by atoms with Crippen LogP contribution in [0.25, 0.3) is 0 Å². The highest BCUT2D eigenvalue weighted by Gasteiger charge is 2.27. The molecule has 30 heavy (non-hydrogen) atoms. The number of carbonyl (C=O) groups excluding carboxylic acids is 2. The Morgan fingerprint density at radius 3 is 2.47 bits per heavy atom. The number of primary amides is 1. The molecule has 2 amide bonds. The van der Waals surface area contributed by atoms with E-state index in [1.165, 1.54) is 30.3 Å². The van der Waals surface area contributed by atoms with Crippen molar-refractivity contribution in [3.05, 3.63) is 76.6 Å². The molecule has 0 saturated carbocycles. The van der Waals surface area contributed by atoms with E-state index in [0.717, 1.165) is 17.7 Å². The summed E-state index contributed by atoms with van der Waals surface area (Å²) < 4.78 is 39.8. The number of nitrogens with two attached hydrogens (primary N) is 1. The Bertz CT molecular complexity index is 1250. The Balaban J connectivity index is 2.05. The lowest BCUT2D eigenvalue weighted by Gasteiger charge is -2.08. The van der Waals surface area contributed by atoms with Crippen molar-refractivity contribution in [1.29, 1.82) is 0 Å². The number of nitrogens with one attached hydrogen (secondary N) is 1. The van der Waals surface area contributed by atoms with Crippen LogP contribution >= 0.6 is 11.3 Å². The van der Waals surface area contributed by atoms with Crippen LogP contribution < -0.4 is 11.1 Å². The molecule has 0 aliphatic heterocycles. The summed E-state index contributed by atoms with van der Waals surface area (Å²) in [4.78, 5) is 24.1. The number of anilines is 1. The van der Waals surface area contributed by atoms with Crippen molar-refractivity contribution >= 4 is 38.0 Å². The van der Waals surface area contributed by atoms with Gasteiger partial charge in [-0.05, 0) is 36.8 Å². The van der Waals surface area contributed by atoms with Crippen LogP contribution in [0.1, 0.15) is 31.8 Å². The molecule has 0 atom stereocenters. The lowest BCUT2D eigenvalue weighted by Crippen LogP contribution is -2.17. The maximum Gasteiger partial charge on any atom is 0.259 e. The Morgan fingerprint density at radius 1 is 1.13 bits per heavy atom. The molecule has 0 fully saturated rings. The number of sulfone groups is 1. The summed E-state index contributed by atoms with van der Waals surface area (Å²) >= 11 is 0.617. The molecule has 3 aromatic rings. The third-order valence-electron chi connectivity index (χ3n) is 4.26. The summed E-state index contributed by atoms with van der Waals surface area (Å²) in [5.41, 5.74) is 5.80. The number of halogens is 1. The van der Waals surface area contributed by atoms with E-state index in [4.69, 9.17) is 5.73 Å². The summed E-state index contributed by atoms with van der Waals surface area (Å²) in [5.74, 6) is -2.58. The molecule has 10 heteroatoms. The highest BCUT2D eigenvalue weighted by molar-refractivity contribution is 7.93. The van der Waals surface area contributed by atoms with Crippen LogP contribution in [0.15, 0.2) is 57.6 Å². The van der Waals surface area contributed by atoms with Gasteiger partial charge in [0.15, 0.2) is 0 Å². The molecule has 0 spiro atoms. The molecule has 1 aromatic heterocycles. The summed E-state index contributed by atoms with van der Waals surface area (Å²) in [6, 6.07) is 10.8. The average molecular weight is 448 g/mol. The van der Waals surface area contributed by atoms with Crippen molar-refractivity contribution < 1.29 is 27.5 Å². The number of aliphatic hydroxyl groups excluding tert-OH is 1. The third kappa shape index (κ3) is 4.11. The van der Waals surface area contributed by atoms with Gasteiger partial charge in [0.25, 0.3) is 11.8 Å². The van der Waals surface area contributed by atoms with Crippen LogP contribution in [0.3, 0.4) is 0 Å². The summed E-state index contributed by atoms with van der Waals surface area (Å²) in [7, 11) is -4.12. The van der Waals surface area contributed by atoms with Gasteiger partial charge in [-0.1, -0.05) is 29.8 Å². The zero-order chi connectivity index (χ0) is 22.1. The van der Waals surface area contributed by atoms with Gasteiger partial charge in [-0.25, -0.2) is 12.8 Å². The number of hydrogen-bond donors (Lipinski definition) is 3. The van der Waals surface area contributed by atoms with Gasteiger partial charge < -0.3 is 16.2 Å². The normalized spacial score (nSPS) is 11.3. The number of carbonyl (C=O) groups is 2. The Morgan fingerprint density at radius 2 is 1.83 bits per heavy atom. The predicted octanol–water partition coefficient (Wildman–Crippen LogP) is 2.87. The van der Waals surface area contributed by atoms with Crippen molar-refractivity contribution in [2.75, 3.05) is 5.32 Å². The zero-order valence-electron chi connectivity index (χ0n) is 15.7. The van der Waals surface area contributed by atoms with E-state index in [2.05, 4.69) is 5.32 Å². The molecule has 0 unspecified atom stereocenters. The Kier molecular flexibility index (Phi) is 6.01. The molecule has 0 bridgehead atoms.